The molecule has 0 aliphatic carbocycles. The van der Waals surface area contributed by atoms with Crippen LogP contribution in [0.3, 0.4) is 0 Å². The highest BCUT2D eigenvalue weighted by Crippen LogP contribution is 2.34. The summed E-state index contributed by atoms with van der Waals surface area (Å²) in [5.41, 5.74) is 7.42. The second-order valence-corrected chi connectivity index (χ2v) is 6.69. The largest absolute Gasteiger partial charge is 0.326 e. The van der Waals surface area contributed by atoms with Crippen LogP contribution in [0.15, 0.2) is 24.3 Å². The summed E-state index contributed by atoms with van der Waals surface area (Å²) >= 11 is 6.38. The van der Waals surface area contributed by atoms with Crippen molar-refractivity contribution in [2.75, 3.05) is 27.2 Å². The summed E-state index contributed by atoms with van der Waals surface area (Å²) in [6.45, 7) is 6.50. The molecule has 0 spiro atoms. The van der Waals surface area contributed by atoms with Crippen molar-refractivity contribution in [3.8, 4) is 0 Å². The highest BCUT2D eigenvalue weighted by atomic mass is 35.5. The zero-order chi connectivity index (χ0) is 14.9. The van der Waals surface area contributed by atoms with Crippen LogP contribution in [0.4, 0.5) is 0 Å². The Morgan fingerprint density at radius 1 is 1.30 bits per heavy atom. The average molecular weight is 296 g/mol. The van der Waals surface area contributed by atoms with Crippen LogP contribution in [0, 0.1) is 5.92 Å². The van der Waals surface area contributed by atoms with Crippen molar-refractivity contribution in [1.29, 1.82) is 0 Å². The summed E-state index contributed by atoms with van der Waals surface area (Å²) in [6.07, 6.45) is 0. The first-order valence-electron chi connectivity index (χ1n) is 7.32. The van der Waals surface area contributed by atoms with Gasteiger partial charge in [0.1, 0.15) is 0 Å². The number of benzene rings is 1. The van der Waals surface area contributed by atoms with E-state index in [2.05, 4.69) is 43.8 Å². The summed E-state index contributed by atoms with van der Waals surface area (Å²) < 4.78 is 0. The van der Waals surface area contributed by atoms with Crippen LogP contribution < -0.4 is 5.73 Å². The zero-order valence-electron chi connectivity index (χ0n) is 12.9. The van der Waals surface area contributed by atoms with Gasteiger partial charge in [-0.25, -0.2) is 0 Å². The van der Waals surface area contributed by atoms with E-state index >= 15 is 0 Å². The van der Waals surface area contributed by atoms with Crippen LogP contribution in [0.25, 0.3) is 0 Å². The molecule has 1 heterocycles. The van der Waals surface area contributed by atoms with E-state index in [4.69, 9.17) is 17.3 Å². The van der Waals surface area contributed by atoms with Gasteiger partial charge in [0.2, 0.25) is 0 Å². The van der Waals surface area contributed by atoms with Gasteiger partial charge in [-0.3, -0.25) is 4.90 Å². The highest BCUT2D eigenvalue weighted by Gasteiger charge is 2.37. The highest BCUT2D eigenvalue weighted by molar-refractivity contribution is 6.31. The van der Waals surface area contributed by atoms with E-state index in [0.717, 1.165) is 23.7 Å². The van der Waals surface area contributed by atoms with Crippen molar-refractivity contribution in [1.82, 2.24) is 9.80 Å². The molecule has 0 bridgehead atoms. The molecular weight excluding hydrogens is 270 g/mol. The Morgan fingerprint density at radius 2 is 1.95 bits per heavy atom. The fourth-order valence-electron chi connectivity index (χ4n) is 3.41. The number of halogens is 1. The molecule has 1 aromatic carbocycles. The maximum atomic E-state index is 6.38. The molecule has 112 valence electrons. The van der Waals surface area contributed by atoms with Crippen molar-refractivity contribution in [2.45, 2.75) is 32.0 Å². The third-order valence-corrected chi connectivity index (χ3v) is 4.72. The Kier molecular flexibility index (Phi) is 5.08. The van der Waals surface area contributed by atoms with E-state index < -0.39 is 0 Å². The first kappa shape index (κ1) is 15.8. The molecule has 4 unspecified atom stereocenters. The van der Waals surface area contributed by atoms with E-state index in [1.165, 1.54) is 0 Å². The first-order chi connectivity index (χ1) is 9.41. The quantitative estimate of drug-likeness (QED) is 0.927. The molecule has 20 heavy (non-hydrogen) atoms. The van der Waals surface area contributed by atoms with Gasteiger partial charge in [-0.15, -0.1) is 0 Å². The fraction of sp³-hybridized carbons (Fsp3) is 0.625. The van der Waals surface area contributed by atoms with Crippen LogP contribution in [0.5, 0.6) is 0 Å². The van der Waals surface area contributed by atoms with Gasteiger partial charge in [0.15, 0.2) is 0 Å². The number of hydrogen-bond donors (Lipinski definition) is 1. The maximum Gasteiger partial charge on any atom is 0.0511 e. The number of rotatable bonds is 4. The zero-order valence-corrected chi connectivity index (χ0v) is 13.6. The molecule has 1 saturated heterocycles. The summed E-state index contributed by atoms with van der Waals surface area (Å²) in [5, 5.41) is 0.816. The number of likely N-dealkylation sites (N-methyl/N-ethyl adjacent to an activating group) is 1. The van der Waals surface area contributed by atoms with Crippen molar-refractivity contribution in [3.05, 3.63) is 34.9 Å². The van der Waals surface area contributed by atoms with Crippen LogP contribution in [-0.2, 0) is 0 Å². The lowest BCUT2D eigenvalue weighted by atomic mass is 9.99. The van der Waals surface area contributed by atoms with Crippen molar-refractivity contribution >= 4 is 11.6 Å². The Morgan fingerprint density at radius 3 is 2.45 bits per heavy atom. The van der Waals surface area contributed by atoms with Crippen molar-refractivity contribution < 1.29 is 0 Å². The summed E-state index contributed by atoms with van der Waals surface area (Å²) in [5.74, 6) is 0.647. The molecule has 1 aliphatic rings. The monoisotopic (exact) mass is 295 g/mol. The van der Waals surface area contributed by atoms with Crippen LogP contribution >= 0.6 is 11.6 Å². The molecule has 1 aliphatic heterocycles. The standard InChI is InChI=1S/C16H26ClN3/c1-11-9-20(10-15(11)19(3)4)16(12(2)18)13-7-5-6-8-14(13)17/h5-8,11-12,15-16H,9-10,18H2,1-4H3. The molecule has 4 heteroatoms. The molecule has 4 atom stereocenters. The van der Waals surface area contributed by atoms with Gasteiger partial charge in [0.25, 0.3) is 0 Å². The van der Waals surface area contributed by atoms with E-state index in [1.54, 1.807) is 0 Å². The number of hydrogen-bond acceptors (Lipinski definition) is 3. The lowest BCUT2D eigenvalue weighted by Gasteiger charge is -2.32. The van der Waals surface area contributed by atoms with Crippen LogP contribution in [0.1, 0.15) is 25.5 Å². The number of likely N-dealkylation sites (tertiary alicyclic amines) is 1. The van der Waals surface area contributed by atoms with Crippen molar-refractivity contribution in [2.24, 2.45) is 11.7 Å². The molecule has 0 aromatic heterocycles. The normalized spacial score (nSPS) is 26.9. The van der Waals surface area contributed by atoms with Gasteiger partial charge in [-0.1, -0.05) is 36.7 Å². The smallest absolute Gasteiger partial charge is 0.0511 e. The predicted molar refractivity (Wildman–Crippen MR) is 86.1 cm³/mol. The molecule has 2 N–H and O–H groups in total. The Bertz CT molecular complexity index is 447. The SMILES string of the molecule is CC(N)C(c1ccccc1Cl)N1CC(C)C(N(C)C)C1. The molecule has 2 rings (SSSR count). The molecule has 0 radical (unpaired) electrons. The maximum absolute atomic E-state index is 6.38. The minimum Gasteiger partial charge on any atom is -0.326 e. The minimum absolute atomic E-state index is 0.0583. The van der Waals surface area contributed by atoms with Gasteiger partial charge < -0.3 is 10.6 Å². The van der Waals surface area contributed by atoms with E-state index in [0.29, 0.717) is 12.0 Å². The van der Waals surface area contributed by atoms with Crippen LogP contribution in [-0.4, -0.2) is 49.1 Å². The Balaban J connectivity index is 2.25. The van der Waals surface area contributed by atoms with Gasteiger partial charge in [0.05, 0.1) is 6.04 Å². The topological polar surface area (TPSA) is 32.5 Å². The van der Waals surface area contributed by atoms with Crippen molar-refractivity contribution in [3.63, 3.8) is 0 Å². The lowest BCUT2D eigenvalue weighted by Crippen LogP contribution is -2.40. The second-order valence-electron chi connectivity index (χ2n) is 6.29. The molecule has 1 fully saturated rings. The van der Waals surface area contributed by atoms with Crippen LogP contribution in [0.2, 0.25) is 5.02 Å². The first-order valence-corrected chi connectivity index (χ1v) is 7.70. The molecule has 1 aromatic rings. The third kappa shape index (κ3) is 3.17. The van der Waals surface area contributed by atoms with Gasteiger partial charge in [-0.2, -0.15) is 0 Å². The summed E-state index contributed by atoms with van der Waals surface area (Å²) in [6, 6.07) is 8.90. The third-order valence-electron chi connectivity index (χ3n) is 4.38. The second kappa shape index (κ2) is 6.44. The van der Waals surface area contributed by atoms with Gasteiger partial charge >= 0.3 is 0 Å². The molecule has 0 amide bonds. The summed E-state index contributed by atoms with van der Waals surface area (Å²) in [7, 11) is 4.31. The molecule has 0 saturated carbocycles. The molecular formula is C16H26ClN3. The number of nitrogens with zero attached hydrogens (tertiary/aromatic N) is 2. The molecule has 3 nitrogen and oxygen atoms in total. The van der Waals surface area contributed by atoms with E-state index in [9.17, 15) is 0 Å². The Labute approximate surface area is 127 Å². The number of nitrogens with two attached hydrogens (primary N) is 1. The van der Waals surface area contributed by atoms with Gasteiger partial charge in [0, 0.05) is 30.2 Å². The van der Waals surface area contributed by atoms with E-state index in [1.807, 2.05) is 18.2 Å². The predicted octanol–water partition coefficient (Wildman–Crippen LogP) is 2.61. The van der Waals surface area contributed by atoms with E-state index in [-0.39, 0.29) is 12.1 Å². The average Bonchev–Trinajstić information content (AvgIpc) is 2.73. The lowest BCUT2D eigenvalue weighted by molar-refractivity contribution is 0.197. The minimum atomic E-state index is 0.0583. The Hall–Kier alpha value is -0.610. The van der Waals surface area contributed by atoms with Gasteiger partial charge in [-0.05, 0) is 38.6 Å². The fourth-order valence-corrected chi connectivity index (χ4v) is 3.66. The summed E-state index contributed by atoms with van der Waals surface area (Å²) in [4.78, 5) is 4.80.